The number of pyridine rings is 2. The highest BCUT2D eigenvalue weighted by Crippen LogP contribution is 2.30. The summed E-state index contributed by atoms with van der Waals surface area (Å²) in [7, 11) is 0. The number of amides is 1. The Hall–Kier alpha value is -5.00. The number of likely N-dealkylation sites (tertiary alicyclic amines) is 1. The fourth-order valence-electron chi connectivity index (χ4n) is 4.87. The summed E-state index contributed by atoms with van der Waals surface area (Å²) < 4.78 is 13.4. The van der Waals surface area contributed by atoms with Crippen molar-refractivity contribution >= 4 is 40.1 Å². The lowest BCUT2D eigenvalue weighted by Crippen LogP contribution is -2.47. The van der Waals surface area contributed by atoms with Crippen LogP contribution in [-0.2, 0) is 4.74 Å². The van der Waals surface area contributed by atoms with Gasteiger partial charge in [0.1, 0.15) is 41.1 Å². The van der Waals surface area contributed by atoms with E-state index in [1.54, 1.807) is 9.42 Å². The highest BCUT2D eigenvalue weighted by atomic mass is 16.6. The average molecular weight is 568 g/mol. The molecule has 1 amide bonds. The minimum atomic E-state index is -0.528. The zero-order valence-electron chi connectivity index (χ0n) is 24.0. The van der Waals surface area contributed by atoms with Gasteiger partial charge >= 0.3 is 6.09 Å². The average Bonchev–Trinajstić information content (AvgIpc) is 3.42. The standard InChI is InChI=1S/C30H33N9O3/c1-19-14-20(7-9-24(19)41-22-11-13-39-26(15-22)32-18-34-39)36-28-27-23(31-17-33-28)8-10-25(37-27)35-21-6-5-12-38(16-21)29(40)42-30(2,3)4/h7-11,13-15,17-18,21H,5-6,12,16H2,1-4H3,(H,35,37)(H,31,33,36)/t21-/m0/s1. The summed E-state index contributed by atoms with van der Waals surface area (Å²) in [5.74, 6) is 2.70. The van der Waals surface area contributed by atoms with E-state index in [1.165, 1.54) is 12.7 Å². The lowest BCUT2D eigenvalue weighted by atomic mass is 10.1. The number of nitrogens with one attached hydrogen (secondary N) is 2. The van der Waals surface area contributed by atoms with Gasteiger partial charge in [-0.15, -0.1) is 0 Å². The van der Waals surface area contributed by atoms with E-state index in [9.17, 15) is 4.79 Å². The van der Waals surface area contributed by atoms with E-state index in [2.05, 4.69) is 30.7 Å². The van der Waals surface area contributed by atoms with Crippen molar-refractivity contribution in [3.63, 3.8) is 0 Å². The summed E-state index contributed by atoms with van der Waals surface area (Å²) in [5.41, 5.74) is 3.33. The molecule has 0 spiro atoms. The first kappa shape index (κ1) is 27.2. The molecule has 1 saturated heterocycles. The van der Waals surface area contributed by atoms with Gasteiger partial charge in [-0.25, -0.2) is 29.2 Å². The van der Waals surface area contributed by atoms with E-state index >= 15 is 0 Å². The number of aryl methyl sites for hydroxylation is 1. The van der Waals surface area contributed by atoms with Crippen molar-refractivity contribution < 1.29 is 14.3 Å². The predicted octanol–water partition coefficient (Wildman–Crippen LogP) is 5.72. The Morgan fingerprint density at radius 3 is 2.76 bits per heavy atom. The number of carbonyl (C=O) groups excluding carboxylic acids is 1. The van der Waals surface area contributed by atoms with Crippen molar-refractivity contribution in [3.05, 3.63) is 66.9 Å². The highest BCUT2D eigenvalue weighted by molar-refractivity contribution is 5.88. The van der Waals surface area contributed by atoms with Gasteiger partial charge in [0, 0.05) is 37.1 Å². The molecule has 216 valence electrons. The molecule has 5 aromatic rings. The first-order valence-electron chi connectivity index (χ1n) is 13.9. The SMILES string of the molecule is Cc1cc(Nc2ncnc3ccc(N[C@H]4CCCN(C(=O)OC(C)(C)C)C4)nc23)ccc1Oc1ccn2ncnc2c1. The van der Waals surface area contributed by atoms with Gasteiger partial charge in [0.05, 0.1) is 5.52 Å². The van der Waals surface area contributed by atoms with Crippen LogP contribution in [0.5, 0.6) is 11.5 Å². The lowest BCUT2D eigenvalue weighted by Gasteiger charge is -2.34. The van der Waals surface area contributed by atoms with E-state index in [0.29, 0.717) is 41.6 Å². The zero-order valence-corrected chi connectivity index (χ0v) is 24.0. The van der Waals surface area contributed by atoms with E-state index in [4.69, 9.17) is 14.5 Å². The highest BCUT2D eigenvalue weighted by Gasteiger charge is 2.28. The normalized spacial score (nSPS) is 15.5. The number of benzene rings is 1. The van der Waals surface area contributed by atoms with Gasteiger partial charge in [0.15, 0.2) is 11.5 Å². The molecule has 1 fully saturated rings. The molecule has 2 N–H and O–H groups in total. The quantitative estimate of drug-likeness (QED) is 0.262. The number of aromatic nitrogens is 6. The molecule has 1 aromatic carbocycles. The summed E-state index contributed by atoms with van der Waals surface area (Å²) in [5, 5.41) is 11.0. The van der Waals surface area contributed by atoms with Gasteiger partial charge in [-0.1, -0.05) is 0 Å². The molecule has 0 aliphatic carbocycles. The summed E-state index contributed by atoms with van der Waals surface area (Å²) >= 11 is 0. The predicted molar refractivity (Wildman–Crippen MR) is 159 cm³/mol. The molecule has 0 saturated carbocycles. The molecule has 12 nitrogen and oxygen atoms in total. The maximum absolute atomic E-state index is 12.6. The Balaban J connectivity index is 1.16. The van der Waals surface area contributed by atoms with Crippen LogP contribution in [0.1, 0.15) is 39.2 Å². The Kier molecular flexibility index (Phi) is 7.19. The van der Waals surface area contributed by atoms with Crippen LogP contribution in [0.15, 0.2) is 61.3 Å². The van der Waals surface area contributed by atoms with E-state index in [1.807, 2.05) is 76.4 Å². The van der Waals surface area contributed by atoms with Crippen molar-refractivity contribution in [1.29, 1.82) is 0 Å². The van der Waals surface area contributed by atoms with Crippen LogP contribution >= 0.6 is 0 Å². The molecule has 5 heterocycles. The van der Waals surface area contributed by atoms with E-state index in [-0.39, 0.29) is 12.1 Å². The number of hydrogen-bond acceptors (Lipinski definition) is 10. The third-order valence-electron chi connectivity index (χ3n) is 6.82. The molecular formula is C30H33N9O3. The van der Waals surface area contributed by atoms with Gasteiger partial charge < -0.3 is 25.0 Å². The second-order valence-corrected chi connectivity index (χ2v) is 11.3. The third-order valence-corrected chi connectivity index (χ3v) is 6.82. The Morgan fingerprint density at radius 2 is 1.93 bits per heavy atom. The zero-order chi connectivity index (χ0) is 29.3. The molecule has 42 heavy (non-hydrogen) atoms. The topological polar surface area (TPSA) is 132 Å². The number of fused-ring (bicyclic) bond motifs is 2. The van der Waals surface area contributed by atoms with Crippen LogP contribution in [0.4, 0.5) is 22.1 Å². The number of piperidine rings is 1. The van der Waals surface area contributed by atoms with E-state index < -0.39 is 5.60 Å². The minimum absolute atomic E-state index is 0.0536. The molecule has 0 radical (unpaired) electrons. The van der Waals surface area contributed by atoms with Gasteiger partial charge in [0.25, 0.3) is 0 Å². The molecule has 6 rings (SSSR count). The largest absolute Gasteiger partial charge is 0.457 e. The van der Waals surface area contributed by atoms with Gasteiger partial charge in [-0.3, -0.25) is 0 Å². The van der Waals surface area contributed by atoms with Crippen LogP contribution in [0, 0.1) is 6.92 Å². The smallest absolute Gasteiger partial charge is 0.410 e. The fraction of sp³-hybridized carbons (Fsp3) is 0.333. The summed E-state index contributed by atoms with van der Waals surface area (Å²) in [6.45, 7) is 8.85. The van der Waals surface area contributed by atoms with E-state index in [0.717, 1.165) is 35.4 Å². The Bertz CT molecular complexity index is 1750. The summed E-state index contributed by atoms with van der Waals surface area (Å²) in [4.78, 5) is 32.3. The van der Waals surface area contributed by atoms with Crippen LogP contribution in [-0.4, -0.2) is 65.3 Å². The Labute approximate surface area is 243 Å². The Morgan fingerprint density at radius 1 is 1.05 bits per heavy atom. The van der Waals surface area contributed by atoms with Crippen LogP contribution in [0.3, 0.4) is 0 Å². The number of anilines is 3. The minimum Gasteiger partial charge on any atom is -0.457 e. The maximum atomic E-state index is 12.6. The third kappa shape index (κ3) is 6.17. The van der Waals surface area contributed by atoms with Crippen molar-refractivity contribution in [3.8, 4) is 11.5 Å². The van der Waals surface area contributed by atoms with Gasteiger partial charge in [-0.05, 0) is 82.5 Å². The fourth-order valence-corrected chi connectivity index (χ4v) is 4.87. The summed E-state index contributed by atoms with van der Waals surface area (Å²) in [6, 6.07) is 13.4. The van der Waals surface area contributed by atoms with Crippen molar-refractivity contribution in [2.24, 2.45) is 0 Å². The van der Waals surface area contributed by atoms with Gasteiger partial charge in [-0.2, -0.15) is 5.10 Å². The molecule has 1 aliphatic heterocycles. The van der Waals surface area contributed by atoms with Crippen molar-refractivity contribution in [1.82, 2.24) is 34.4 Å². The summed E-state index contributed by atoms with van der Waals surface area (Å²) in [6.07, 6.45) is 6.36. The van der Waals surface area contributed by atoms with Crippen molar-refractivity contribution in [2.75, 3.05) is 23.7 Å². The number of hydrogen-bond donors (Lipinski definition) is 2. The molecule has 4 aromatic heterocycles. The van der Waals surface area contributed by atoms with Crippen LogP contribution in [0.25, 0.3) is 16.7 Å². The molecule has 0 bridgehead atoms. The van der Waals surface area contributed by atoms with Crippen LogP contribution < -0.4 is 15.4 Å². The van der Waals surface area contributed by atoms with Crippen LogP contribution in [0.2, 0.25) is 0 Å². The molecule has 12 heteroatoms. The lowest BCUT2D eigenvalue weighted by molar-refractivity contribution is 0.0206. The number of carbonyl (C=O) groups is 1. The van der Waals surface area contributed by atoms with Gasteiger partial charge in [0.2, 0.25) is 0 Å². The molecule has 0 unspecified atom stereocenters. The van der Waals surface area contributed by atoms with Crippen molar-refractivity contribution in [2.45, 2.75) is 52.2 Å². The molecular weight excluding hydrogens is 534 g/mol. The first-order chi connectivity index (χ1) is 20.2. The second kappa shape index (κ2) is 11.1. The maximum Gasteiger partial charge on any atom is 0.410 e. The number of nitrogens with zero attached hydrogens (tertiary/aromatic N) is 7. The second-order valence-electron chi connectivity index (χ2n) is 11.3. The number of rotatable bonds is 6. The molecule has 1 aliphatic rings. The molecule has 1 atom stereocenters. The monoisotopic (exact) mass is 567 g/mol. The first-order valence-corrected chi connectivity index (χ1v) is 13.9. The number of ether oxygens (including phenoxy) is 2.